The number of ether oxygens (including phenoxy) is 2. The molecule has 240 valence electrons. The molecule has 2 aliphatic rings. The zero-order chi connectivity index (χ0) is 31.9. The Morgan fingerprint density at radius 2 is 1.63 bits per heavy atom. The maximum atomic E-state index is 12.5. The minimum Gasteiger partial charge on any atom is -0.394 e. The molecule has 20 nitrogen and oxygen atoms in total. The van der Waals surface area contributed by atoms with Crippen LogP contribution in [0.15, 0.2) is 27.9 Å². The number of hydrogen-bond donors (Lipinski definition) is 9. The van der Waals surface area contributed by atoms with E-state index in [1.165, 1.54) is 12.1 Å². The SMILES string of the molecule is O=Cc1ccc(-c2cn([C@@H]3O[C@H](COP(=O)(O)OP(=O)(O)O[C@H]4O[C@H](CO)[C@H](O)[C@H](O)[C@H]4O)[C@H](O)C3O)c(=O)[nH]c2=O)s1. The standard InChI is InChI=1S/C20H26N2O18P2S/c23-4-7-1-2-11(43-7)8-3-22(20(31)21-17(8)30)18-15(28)13(26)10(37-18)6-36-41(32,33)40-42(34,35)39-19-16(29)14(27)12(25)9(5-24)38-19/h1-4,9-10,12-16,18-19,24-29H,5-6H2,(H,32,33)(H,34,35)(H,21,30,31)/t9-,10-,12+,13+,14+,15?,16-,18-,19-/m1/s1. The van der Waals surface area contributed by atoms with Crippen LogP contribution in [0.1, 0.15) is 15.9 Å². The van der Waals surface area contributed by atoms with Gasteiger partial charge in [-0.05, 0) is 12.1 Å². The van der Waals surface area contributed by atoms with Crippen LogP contribution < -0.4 is 11.2 Å². The van der Waals surface area contributed by atoms with Gasteiger partial charge in [-0.1, -0.05) is 0 Å². The van der Waals surface area contributed by atoms with Gasteiger partial charge in [-0.3, -0.25) is 28.2 Å². The number of thiophene rings is 1. The number of nitrogens with one attached hydrogen (secondary N) is 1. The summed E-state index contributed by atoms with van der Waals surface area (Å²) in [5.74, 6) is 0. The molecule has 2 aliphatic heterocycles. The van der Waals surface area contributed by atoms with Gasteiger partial charge in [-0.15, -0.1) is 11.3 Å². The molecule has 4 heterocycles. The number of aliphatic hydroxyl groups excluding tert-OH is 6. The van der Waals surface area contributed by atoms with Crippen LogP contribution in [0.5, 0.6) is 0 Å². The predicted molar refractivity (Wildman–Crippen MR) is 137 cm³/mol. The van der Waals surface area contributed by atoms with Gasteiger partial charge < -0.3 is 49.9 Å². The summed E-state index contributed by atoms with van der Waals surface area (Å²) in [4.78, 5) is 58.2. The van der Waals surface area contributed by atoms with Crippen molar-refractivity contribution >= 4 is 33.3 Å². The maximum Gasteiger partial charge on any atom is 0.483 e. The summed E-state index contributed by atoms with van der Waals surface area (Å²) in [5.41, 5.74) is -1.98. The van der Waals surface area contributed by atoms with Crippen LogP contribution in [-0.2, 0) is 32.0 Å². The molecule has 0 aromatic carbocycles. The van der Waals surface area contributed by atoms with E-state index in [0.717, 1.165) is 22.1 Å². The van der Waals surface area contributed by atoms with Crippen LogP contribution in [0.2, 0.25) is 0 Å². The second kappa shape index (κ2) is 13.2. The second-order valence-electron chi connectivity index (χ2n) is 9.19. The number of nitrogens with zero attached hydrogens (tertiary/aromatic N) is 1. The summed E-state index contributed by atoms with van der Waals surface area (Å²) in [6.07, 6.45) is -15.3. The average molecular weight is 676 g/mol. The number of phosphoric ester groups is 2. The molecule has 0 saturated carbocycles. The van der Waals surface area contributed by atoms with Crippen molar-refractivity contribution in [1.29, 1.82) is 0 Å². The molecule has 0 aliphatic carbocycles. The first-order valence-electron chi connectivity index (χ1n) is 12.0. The molecular weight excluding hydrogens is 650 g/mol. The van der Waals surface area contributed by atoms with E-state index in [2.05, 4.69) is 13.4 Å². The van der Waals surface area contributed by atoms with Gasteiger partial charge in [0.05, 0.1) is 23.7 Å². The number of aldehydes is 1. The van der Waals surface area contributed by atoms with Crippen LogP contribution in [-0.4, -0.2) is 118 Å². The first kappa shape index (κ1) is 33.9. The fourth-order valence-electron chi connectivity index (χ4n) is 4.13. The zero-order valence-electron chi connectivity index (χ0n) is 21.3. The summed E-state index contributed by atoms with van der Waals surface area (Å²) < 4.78 is 48.8. The van der Waals surface area contributed by atoms with E-state index in [1.54, 1.807) is 0 Å². The van der Waals surface area contributed by atoms with Gasteiger partial charge in [0.25, 0.3) is 5.56 Å². The van der Waals surface area contributed by atoms with E-state index in [-0.39, 0.29) is 15.3 Å². The molecule has 0 bridgehead atoms. The van der Waals surface area contributed by atoms with Crippen LogP contribution in [0.3, 0.4) is 0 Å². The smallest absolute Gasteiger partial charge is 0.394 e. The van der Waals surface area contributed by atoms with Crippen molar-refractivity contribution < 1.29 is 77.2 Å². The Hall–Kier alpha value is -2.01. The van der Waals surface area contributed by atoms with Crippen molar-refractivity contribution in [2.75, 3.05) is 13.2 Å². The molecule has 2 aromatic rings. The molecule has 11 atom stereocenters. The number of aliphatic hydroxyl groups is 6. The predicted octanol–water partition coefficient (Wildman–Crippen LogP) is -3.25. The third-order valence-electron chi connectivity index (χ3n) is 6.28. The molecule has 4 rings (SSSR count). The summed E-state index contributed by atoms with van der Waals surface area (Å²) >= 11 is 0.928. The molecule has 2 aromatic heterocycles. The third kappa shape index (κ3) is 7.45. The second-order valence-corrected chi connectivity index (χ2v) is 13.3. The van der Waals surface area contributed by atoms with Crippen molar-refractivity contribution in [2.45, 2.75) is 55.2 Å². The summed E-state index contributed by atoms with van der Waals surface area (Å²) in [5, 5.41) is 59.5. The molecule has 3 unspecified atom stereocenters. The fraction of sp³-hybridized carbons (Fsp3) is 0.550. The van der Waals surface area contributed by atoms with Gasteiger partial charge in [0.2, 0.25) is 0 Å². The van der Waals surface area contributed by atoms with Crippen LogP contribution in [0, 0.1) is 0 Å². The molecule has 2 fully saturated rings. The molecule has 0 spiro atoms. The lowest BCUT2D eigenvalue weighted by Crippen LogP contribution is -2.58. The highest BCUT2D eigenvalue weighted by Crippen LogP contribution is 2.61. The van der Waals surface area contributed by atoms with Crippen molar-refractivity contribution in [3.05, 3.63) is 44.0 Å². The Morgan fingerprint density at radius 3 is 2.26 bits per heavy atom. The summed E-state index contributed by atoms with van der Waals surface area (Å²) in [6.45, 7) is -2.00. The van der Waals surface area contributed by atoms with Crippen molar-refractivity contribution in [3.8, 4) is 10.4 Å². The van der Waals surface area contributed by atoms with Crippen LogP contribution in [0.25, 0.3) is 10.4 Å². The number of aromatic nitrogens is 2. The van der Waals surface area contributed by atoms with Crippen LogP contribution in [0.4, 0.5) is 0 Å². The average Bonchev–Trinajstić information content (AvgIpc) is 3.52. The van der Waals surface area contributed by atoms with Crippen molar-refractivity contribution in [1.82, 2.24) is 9.55 Å². The highest BCUT2D eigenvalue weighted by Gasteiger charge is 2.49. The van der Waals surface area contributed by atoms with E-state index in [0.29, 0.717) is 6.29 Å². The zero-order valence-corrected chi connectivity index (χ0v) is 23.9. The van der Waals surface area contributed by atoms with E-state index in [9.17, 15) is 63.9 Å². The lowest BCUT2D eigenvalue weighted by Gasteiger charge is -2.39. The first-order chi connectivity index (χ1) is 20.1. The number of H-pyrrole nitrogens is 1. The lowest BCUT2D eigenvalue weighted by molar-refractivity contribution is -0.280. The maximum absolute atomic E-state index is 12.5. The Labute approximate surface area is 243 Å². The van der Waals surface area contributed by atoms with Crippen molar-refractivity contribution in [2.24, 2.45) is 0 Å². The lowest BCUT2D eigenvalue weighted by atomic mass is 10.00. The number of carbonyl (C=O) groups excluding carboxylic acids is 1. The van der Waals surface area contributed by atoms with E-state index < -0.39 is 95.4 Å². The van der Waals surface area contributed by atoms with Gasteiger partial charge in [-0.2, -0.15) is 4.31 Å². The highest BCUT2D eigenvalue weighted by atomic mass is 32.1. The summed E-state index contributed by atoms with van der Waals surface area (Å²) in [6, 6.07) is 2.86. The molecule has 2 saturated heterocycles. The van der Waals surface area contributed by atoms with E-state index in [4.69, 9.17) is 9.47 Å². The monoisotopic (exact) mass is 676 g/mol. The van der Waals surface area contributed by atoms with Gasteiger partial charge in [0.15, 0.2) is 18.8 Å². The Bertz CT molecular complexity index is 1530. The van der Waals surface area contributed by atoms with Gasteiger partial charge in [0.1, 0.15) is 42.7 Å². The minimum absolute atomic E-state index is 0.0888. The minimum atomic E-state index is -5.65. The third-order valence-corrected chi connectivity index (χ3v) is 9.93. The highest BCUT2D eigenvalue weighted by molar-refractivity contribution is 7.61. The number of aromatic amines is 1. The van der Waals surface area contributed by atoms with E-state index >= 15 is 0 Å². The quantitative estimate of drug-likeness (QED) is 0.0833. The summed E-state index contributed by atoms with van der Waals surface area (Å²) in [7, 11) is -11.2. The molecule has 9 N–H and O–H groups in total. The fourth-order valence-corrected chi connectivity index (χ4v) is 7.12. The molecule has 23 heteroatoms. The first-order valence-corrected chi connectivity index (χ1v) is 15.8. The Morgan fingerprint density at radius 1 is 0.953 bits per heavy atom. The number of hydrogen-bond acceptors (Lipinski definition) is 17. The molecule has 0 amide bonds. The number of phosphoric acid groups is 2. The van der Waals surface area contributed by atoms with Crippen molar-refractivity contribution in [3.63, 3.8) is 0 Å². The number of rotatable bonds is 11. The van der Waals surface area contributed by atoms with Crippen LogP contribution >= 0.6 is 27.0 Å². The topological polar surface area (TPSA) is 314 Å². The molecule has 43 heavy (non-hydrogen) atoms. The largest absolute Gasteiger partial charge is 0.483 e. The van der Waals surface area contributed by atoms with Gasteiger partial charge in [-0.25, -0.2) is 13.9 Å². The Balaban J connectivity index is 1.42. The van der Waals surface area contributed by atoms with E-state index in [1.807, 2.05) is 4.98 Å². The van der Waals surface area contributed by atoms with Gasteiger partial charge in [0, 0.05) is 11.1 Å². The molecule has 0 radical (unpaired) electrons. The Kier molecular flexibility index (Phi) is 10.4. The molecular formula is C20H26N2O18P2S. The van der Waals surface area contributed by atoms with Gasteiger partial charge >= 0.3 is 21.3 Å². The normalized spacial score (nSPS) is 34.0. The number of carbonyl (C=O) groups is 1.